The van der Waals surface area contributed by atoms with Crippen LogP contribution in [0.1, 0.15) is 50.3 Å². The molecule has 1 saturated carbocycles. The predicted molar refractivity (Wildman–Crippen MR) is 107 cm³/mol. The van der Waals surface area contributed by atoms with E-state index in [9.17, 15) is 13.2 Å². The van der Waals surface area contributed by atoms with Crippen LogP contribution in [0.5, 0.6) is 0 Å². The van der Waals surface area contributed by atoms with Gasteiger partial charge in [-0.25, -0.2) is 13.4 Å². The Hall–Kier alpha value is -1.64. The minimum atomic E-state index is -3.28. The zero-order chi connectivity index (χ0) is 19.7. The first-order valence-corrected chi connectivity index (χ1v) is 11.7. The third-order valence-corrected chi connectivity index (χ3v) is 7.72. The van der Waals surface area contributed by atoms with E-state index in [1.54, 1.807) is 12.1 Å². The Morgan fingerprint density at radius 3 is 2.79 bits per heavy atom. The highest BCUT2D eigenvalue weighted by molar-refractivity contribution is 7.89. The van der Waals surface area contributed by atoms with Crippen molar-refractivity contribution < 1.29 is 17.6 Å². The Morgan fingerprint density at radius 1 is 1.25 bits per heavy atom. The average molecular weight is 426 g/mol. The Balaban J connectivity index is 1.30. The number of hydrogen-bond donors (Lipinski definition) is 1. The van der Waals surface area contributed by atoms with Crippen LogP contribution in [0.25, 0.3) is 11.1 Å². The van der Waals surface area contributed by atoms with Crippen molar-refractivity contribution in [2.24, 2.45) is 0 Å². The van der Waals surface area contributed by atoms with Gasteiger partial charge in [0.15, 0.2) is 11.5 Å². The molecule has 0 radical (unpaired) electrons. The van der Waals surface area contributed by atoms with Crippen LogP contribution in [0, 0.1) is 0 Å². The molecule has 1 aliphatic heterocycles. The molecule has 0 unspecified atom stereocenters. The molecule has 7 nitrogen and oxygen atoms in total. The Bertz CT molecular complexity index is 967. The van der Waals surface area contributed by atoms with Gasteiger partial charge in [0.2, 0.25) is 15.9 Å². The molecule has 1 aromatic heterocycles. The third kappa shape index (κ3) is 4.34. The summed E-state index contributed by atoms with van der Waals surface area (Å²) in [5.41, 5.74) is 1.50. The summed E-state index contributed by atoms with van der Waals surface area (Å²) in [4.78, 5) is 16.9. The van der Waals surface area contributed by atoms with Gasteiger partial charge in [-0.05, 0) is 56.7 Å². The van der Waals surface area contributed by atoms with Crippen molar-refractivity contribution in [3.63, 3.8) is 0 Å². The zero-order valence-corrected chi connectivity index (χ0v) is 17.1. The first kappa shape index (κ1) is 19.7. The lowest BCUT2D eigenvalue weighted by Crippen LogP contribution is -2.47. The van der Waals surface area contributed by atoms with Crippen LogP contribution in [0.15, 0.2) is 22.6 Å². The lowest BCUT2D eigenvalue weighted by atomic mass is 9.86. The summed E-state index contributed by atoms with van der Waals surface area (Å²) in [6.07, 6.45) is 4.87. The van der Waals surface area contributed by atoms with Crippen LogP contribution in [-0.4, -0.2) is 48.5 Å². The lowest BCUT2D eigenvalue weighted by molar-refractivity contribution is -0.122. The number of aromatic nitrogens is 1. The number of nitrogens with zero attached hydrogens (tertiary/aromatic N) is 2. The number of oxazole rings is 1. The van der Waals surface area contributed by atoms with E-state index in [1.165, 1.54) is 4.31 Å². The zero-order valence-electron chi connectivity index (χ0n) is 15.6. The van der Waals surface area contributed by atoms with E-state index in [0.717, 1.165) is 49.1 Å². The maximum atomic E-state index is 12.3. The van der Waals surface area contributed by atoms with Crippen molar-refractivity contribution in [1.82, 2.24) is 14.6 Å². The molecule has 9 heteroatoms. The molecule has 1 aromatic carbocycles. The van der Waals surface area contributed by atoms with Crippen molar-refractivity contribution >= 4 is 38.6 Å². The van der Waals surface area contributed by atoms with Crippen LogP contribution in [0.3, 0.4) is 0 Å². The quantitative estimate of drug-likeness (QED) is 0.812. The molecule has 2 aromatic rings. The lowest BCUT2D eigenvalue weighted by Gasteiger charge is -2.29. The molecular weight excluding hydrogens is 402 g/mol. The topological polar surface area (TPSA) is 92.5 Å². The molecule has 2 fully saturated rings. The van der Waals surface area contributed by atoms with Gasteiger partial charge in [0, 0.05) is 23.5 Å². The second-order valence-corrected chi connectivity index (χ2v) is 10.2. The molecule has 1 saturated heterocycles. The van der Waals surface area contributed by atoms with Gasteiger partial charge in [0.1, 0.15) is 5.52 Å². The van der Waals surface area contributed by atoms with Gasteiger partial charge in [-0.2, -0.15) is 4.31 Å². The molecule has 2 heterocycles. The maximum Gasteiger partial charge on any atom is 0.235 e. The molecule has 4 rings (SSSR count). The molecule has 1 amide bonds. The number of nitrogens with one attached hydrogen (secondary N) is 1. The van der Waals surface area contributed by atoms with Crippen LogP contribution in [-0.2, 0) is 14.8 Å². The number of benzene rings is 1. The van der Waals surface area contributed by atoms with Gasteiger partial charge in [-0.1, -0.05) is 11.6 Å². The summed E-state index contributed by atoms with van der Waals surface area (Å²) in [6.45, 7) is 0.360. The molecule has 0 spiro atoms. The van der Waals surface area contributed by atoms with Crippen molar-refractivity contribution in [3.8, 4) is 0 Å². The Morgan fingerprint density at radius 2 is 2.04 bits per heavy atom. The molecule has 0 bridgehead atoms. The molecule has 1 aliphatic carbocycles. The summed E-state index contributed by atoms with van der Waals surface area (Å²) in [5, 5.41) is 3.63. The summed E-state index contributed by atoms with van der Waals surface area (Å²) < 4.78 is 31.2. The second kappa shape index (κ2) is 8.00. The minimum Gasteiger partial charge on any atom is -0.440 e. The largest absolute Gasteiger partial charge is 0.440 e. The fourth-order valence-electron chi connectivity index (χ4n) is 4.03. The predicted octanol–water partition coefficient (Wildman–Crippen LogP) is 3.05. The monoisotopic (exact) mass is 425 g/mol. The van der Waals surface area contributed by atoms with Crippen molar-refractivity contribution in [3.05, 3.63) is 29.1 Å². The third-order valence-electron chi connectivity index (χ3n) is 5.58. The van der Waals surface area contributed by atoms with E-state index in [0.29, 0.717) is 18.0 Å². The van der Waals surface area contributed by atoms with Crippen LogP contribution in [0.2, 0.25) is 5.02 Å². The standard InChI is InChI=1S/C19H24ClN3O4S/c20-14-5-8-17-16(11-14)22-19(27-17)13-3-6-15(7-4-13)21-18(24)12-23-9-1-2-10-28(23,25)26/h5,8,11,13,15H,1-4,6-7,9-10,12H2,(H,21,24). The van der Waals surface area contributed by atoms with E-state index < -0.39 is 10.0 Å². The van der Waals surface area contributed by atoms with Crippen molar-refractivity contribution in [2.45, 2.75) is 50.5 Å². The van der Waals surface area contributed by atoms with E-state index in [-0.39, 0.29) is 30.2 Å². The van der Waals surface area contributed by atoms with Gasteiger partial charge in [0.05, 0.1) is 12.3 Å². The van der Waals surface area contributed by atoms with E-state index >= 15 is 0 Å². The number of sulfonamides is 1. The molecule has 0 atom stereocenters. The van der Waals surface area contributed by atoms with Gasteiger partial charge >= 0.3 is 0 Å². The maximum absolute atomic E-state index is 12.3. The van der Waals surface area contributed by atoms with Gasteiger partial charge in [0.25, 0.3) is 0 Å². The number of carbonyl (C=O) groups is 1. The van der Waals surface area contributed by atoms with Crippen LogP contribution in [0.4, 0.5) is 0 Å². The Labute approximate surface area is 169 Å². The minimum absolute atomic E-state index is 0.0649. The molecular formula is C19H24ClN3O4S. The second-order valence-electron chi connectivity index (χ2n) is 7.64. The molecule has 28 heavy (non-hydrogen) atoms. The summed E-state index contributed by atoms with van der Waals surface area (Å²) in [5.74, 6) is 0.870. The van der Waals surface area contributed by atoms with Crippen LogP contribution >= 0.6 is 11.6 Å². The number of amides is 1. The van der Waals surface area contributed by atoms with E-state index in [1.807, 2.05) is 6.07 Å². The fraction of sp³-hybridized carbons (Fsp3) is 0.579. The number of halogens is 1. The van der Waals surface area contributed by atoms with E-state index in [4.69, 9.17) is 16.0 Å². The van der Waals surface area contributed by atoms with Crippen LogP contribution < -0.4 is 5.32 Å². The normalized spacial score (nSPS) is 25.6. The highest BCUT2D eigenvalue weighted by Gasteiger charge is 2.30. The van der Waals surface area contributed by atoms with Gasteiger partial charge in [-0.15, -0.1) is 0 Å². The summed E-state index contributed by atoms with van der Waals surface area (Å²) in [6, 6.07) is 5.47. The highest BCUT2D eigenvalue weighted by Crippen LogP contribution is 2.34. The van der Waals surface area contributed by atoms with Gasteiger partial charge in [-0.3, -0.25) is 4.79 Å². The van der Waals surface area contributed by atoms with E-state index in [2.05, 4.69) is 10.3 Å². The molecule has 1 N–H and O–H groups in total. The molecule has 152 valence electrons. The average Bonchev–Trinajstić information content (AvgIpc) is 3.07. The summed E-state index contributed by atoms with van der Waals surface area (Å²) in [7, 11) is -3.28. The first-order chi connectivity index (χ1) is 13.4. The summed E-state index contributed by atoms with van der Waals surface area (Å²) >= 11 is 6.01. The van der Waals surface area contributed by atoms with Crippen molar-refractivity contribution in [1.29, 1.82) is 0 Å². The number of hydrogen-bond acceptors (Lipinski definition) is 5. The Kier molecular flexibility index (Phi) is 5.62. The number of carbonyl (C=O) groups excluding carboxylic acids is 1. The first-order valence-electron chi connectivity index (χ1n) is 9.74. The van der Waals surface area contributed by atoms with Gasteiger partial charge < -0.3 is 9.73 Å². The SMILES string of the molecule is O=C(CN1CCCCS1(=O)=O)NC1CCC(c2nc3cc(Cl)ccc3o2)CC1. The fourth-order valence-corrected chi connectivity index (χ4v) is 5.74. The highest BCUT2D eigenvalue weighted by atomic mass is 35.5. The van der Waals surface area contributed by atoms with Crippen molar-refractivity contribution in [2.75, 3.05) is 18.8 Å². The molecule has 2 aliphatic rings. The smallest absolute Gasteiger partial charge is 0.235 e. The number of rotatable bonds is 4. The number of fused-ring (bicyclic) bond motifs is 1.